The lowest BCUT2D eigenvalue weighted by Gasteiger charge is -2.24. The molecule has 0 heterocycles. The molecule has 1 aromatic carbocycles. The maximum atomic E-state index is 12.1. The lowest BCUT2D eigenvalue weighted by molar-refractivity contribution is -0.121. The van der Waals surface area contributed by atoms with Gasteiger partial charge in [-0.15, -0.1) is 0 Å². The first-order valence-corrected chi connectivity index (χ1v) is 10.1. The highest BCUT2D eigenvalue weighted by Crippen LogP contribution is 2.35. The van der Waals surface area contributed by atoms with Crippen molar-refractivity contribution in [2.45, 2.75) is 38.1 Å². The Morgan fingerprint density at radius 1 is 1.26 bits per heavy atom. The van der Waals surface area contributed by atoms with E-state index in [1.165, 1.54) is 0 Å². The summed E-state index contributed by atoms with van der Waals surface area (Å²) in [6, 6.07) is 4.98. The zero-order valence-corrected chi connectivity index (χ0v) is 15.2. The minimum atomic E-state index is -3.60. The second kappa shape index (κ2) is 7.73. The molecule has 128 valence electrons. The number of rotatable bonds is 6. The van der Waals surface area contributed by atoms with Crippen molar-refractivity contribution in [1.82, 2.24) is 5.32 Å². The van der Waals surface area contributed by atoms with Crippen LogP contribution in [-0.2, 0) is 14.8 Å². The van der Waals surface area contributed by atoms with Crippen molar-refractivity contribution in [2.24, 2.45) is 0 Å². The van der Waals surface area contributed by atoms with Crippen LogP contribution in [0.1, 0.15) is 32.1 Å². The van der Waals surface area contributed by atoms with E-state index in [4.69, 9.17) is 23.2 Å². The van der Waals surface area contributed by atoms with Gasteiger partial charge in [0.1, 0.15) is 0 Å². The van der Waals surface area contributed by atoms with E-state index in [1.54, 1.807) is 18.2 Å². The predicted molar refractivity (Wildman–Crippen MR) is 93.7 cm³/mol. The molecule has 1 amide bonds. The fourth-order valence-corrected chi connectivity index (χ4v) is 4.40. The van der Waals surface area contributed by atoms with Crippen LogP contribution in [0.25, 0.3) is 0 Å². The molecule has 1 aliphatic rings. The van der Waals surface area contributed by atoms with Crippen molar-refractivity contribution < 1.29 is 13.2 Å². The molecule has 0 radical (unpaired) electrons. The van der Waals surface area contributed by atoms with E-state index in [1.807, 2.05) is 0 Å². The van der Waals surface area contributed by atoms with E-state index in [0.717, 1.165) is 36.2 Å². The van der Waals surface area contributed by atoms with Gasteiger partial charge in [-0.25, -0.2) is 8.42 Å². The van der Waals surface area contributed by atoms with Gasteiger partial charge < -0.3 is 5.32 Å². The fraction of sp³-hybridized carbons (Fsp3) is 0.533. The molecule has 5 nitrogen and oxygen atoms in total. The summed E-state index contributed by atoms with van der Waals surface area (Å²) >= 11 is 12.2. The average Bonchev–Trinajstić information content (AvgIpc) is 2.93. The van der Waals surface area contributed by atoms with Crippen LogP contribution < -0.4 is 9.62 Å². The topological polar surface area (TPSA) is 66.5 Å². The number of halogens is 2. The second-order valence-corrected chi connectivity index (χ2v) is 8.43. The van der Waals surface area contributed by atoms with Gasteiger partial charge in [-0.1, -0.05) is 42.1 Å². The molecular weight excluding hydrogens is 359 g/mol. The highest BCUT2D eigenvalue weighted by atomic mass is 35.5. The third-order valence-electron chi connectivity index (χ3n) is 3.85. The van der Waals surface area contributed by atoms with Crippen molar-refractivity contribution in [2.75, 3.05) is 17.1 Å². The van der Waals surface area contributed by atoms with Gasteiger partial charge in [0.15, 0.2) is 0 Å². The number of sulfonamides is 1. The Hall–Kier alpha value is -0.980. The number of hydrogen-bond donors (Lipinski definition) is 1. The van der Waals surface area contributed by atoms with E-state index >= 15 is 0 Å². The number of amides is 1. The lowest BCUT2D eigenvalue weighted by Crippen LogP contribution is -2.37. The van der Waals surface area contributed by atoms with E-state index in [2.05, 4.69) is 5.32 Å². The largest absolute Gasteiger partial charge is 0.353 e. The van der Waals surface area contributed by atoms with Gasteiger partial charge in [0.2, 0.25) is 15.9 Å². The van der Waals surface area contributed by atoms with Crippen molar-refractivity contribution in [3.8, 4) is 0 Å². The molecule has 0 atom stereocenters. The first kappa shape index (κ1) is 18.4. The first-order chi connectivity index (χ1) is 10.8. The summed E-state index contributed by atoms with van der Waals surface area (Å²) in [4.78, 5) is 12.0. The number of para-hydroxylation sites is 1. The van der Waals surface area contributed by atoms with Gasteiger partial charge in [0.05, 0.1) is 22.0 Å². The lowest BCUT2D eigenvalue weighted by atomic mass is 10.2. The molecule has 8 heteroatoms. The van der Waals surface area contributed by atoms with Gasteiger partial charge in [0, 0.05) is 19.0 Å². The summed E-state index contributed by atoms with van der Waals surface area (Å²) in [5.41, 5.74) is 0.215. The molecule has 0 spiro atoms. The van der Waals surface area contributed by atoms with Crippen LogP contribution in [-0.4, -0.2) is 33.2 Å². The van der Waals surface area contributed by atoms with E-state index in [9.17, 15) is 13.2 Å². The molecule has 1 fully saturated rings. The molecule has 0 unspecified atom stereocenters. The molecule has 1 aromatic rings. The van der Waals surface area contributed by atoms with Gasteiger partial charge in [-0.3, -0.25) is 9.10 Å². The minimum Gasteiger partial charge on any atom is -0.353 e. The minimum absolute atomic E-state index is 0.000833. The monoisotopic (exact) mass is 378 g/mol. The molecule has 0 bridgehead atoms. The summed E-state index contributed by atoms with van der Waals surface area (Å²) in [5, 5.41) is 3.41. The van der Waals surface area contributed by atoms with E-state index < -0.39 is 10.0 Å². The molecule has 1 aliphatic carbocycles. The molecule has 0 aromatic heterocycles. The molecular formula is C15H20Cl2N2O3S. The van der Waals surface area contributed by atoms with Gasteiger partial charge in [-0.2, -0.15) is 0 Å². The molecule has 1 N–H and O–H groups in total. The average molecular weight is 379 g/mol. The molecule has 23 heavy (non-hydrogen) atoms. The van der Waals surface area contributed by atoms with Crippen LogP contribution in [0.3, 0.4) is 0 Å². The van der Waals surface area contributed by atoms with E-state index in [-0.39, 0.29) is 40.6 Å². The number of nitrogens with one attached hydrogen (secondary N) is 1. The van der Waals surface area contributed by atoms with E-state index in [0.29, 0.717) is 0 Å². The number of hydrogen-bond acceptors (Lipinski definition) is 3. The van der Waals surface area contributed by atoms with Crippen LogP contribution in [0.15, 0.2) is 18.2 Å². The number of carbonyl (C=O) groups excluding carboxylic acids is 1. The highest BCUT2D eigenvalue weighted by molar-refractivity contribution is 7.92. The Bertz CT molecular complexity index is 653. The van der Waals surface area contributed by atoms with Gasteiger partial charge in [-0.05, 0) is 25.0 Å². The van der Waals surface area contributed by atoms with Crippen LogP contribution in [0.2, 0.25) is 10.0 Å². The Morgan fingerprint density at radius 3 is 2.35 bits per heavy atom. The van der Waals surface area contributed by atoms with Crippen molar-refractivity contribution >= 4 is 44.8 Å². The predicted octanol–water partition coefficient (Wildman–Crippen LogP) is 3.21. The van der Waals surface area contributed by atoms with Crippen LogP contribution in [0.4, 0.5) is 5.69 Å². The Kier molecular flexibility index (Phi) is 6.17. The second-order valence-electron chi connectivity index (χ2n) is 5.70. The first-order valence-electron chi connectivity index (χ1n) is 7.50. The summed E-state index contributed by atoms with van der Waals surface area (Å²) in [5.74, 6) is -0.159. The van der Waals surface area contributed by atoms with Crippen LogP contribution in [0, 0.1) is 0 Å². The summed E-state index contributed by atoms with van der Waals surface area (Å²) in [6.07, 6.45) is 5.34. The Balaban J connectivity index is 2.09. The summed E-state index contributed by atoms with van der Waals surface area (Å²) in [6.45, 7) is 0.000833. The molecule has 1 saturated carbocycles. The zero-order chi connectivity index (χ0) is 17.0. The number of nitrogens with zero attached hydrogens (tertiary/aromatic N) is 1. The maximum Gasteiger partial charge on any atom is 0.232 e. The SMILES string of the molecule is CS(=O)(=O)N(CCC(=O)NC1CCCC1)c1c(Cl)cccc1Cl. The van der Waals surface area contributed by atoms with Crippen molar-refractivity contribution in [1.29, 1.82) is 0 Å². The third-order valence-corrected chi connectivity index (χ3v) is 5.63. The standard InChI is InChI=1S/C15H20Cl2N2O3S/c1-23(21,22)19(15-12(16)7-4-8-13(15)17)10-9-14(20)18-11-5-2-3-6-11/h4,7-8,11H,2-3,5-6,9-10H2,1H3,(H,18,20). The normalized spacial score (nSPS) is 15.6. The zero-order valence-electron chi connectivity index (χ0n) is 12.9. The maximum absolute atomic E-state index is 12.1. The third kappa shape index (κ3) is 4.99. The fourth-order valence-electron chi connectivity index (χ4n) is 2.74. The van der Waals surface area contributed by atoms with Crippen LogP contribution >= 0.6 is 23.2 Å². The van der Waals surface area contributed by atoms with Crippen LogP contribution in [0.5, 0.6) is 0 Å². The quantitative estimate of drug-likeness (QED) is 0.826. The van der Waals surface area contributed by atoms with Gasteiger partial charge >= 0.3 is 0 Å². The molecule has 0 aliphatic heterocycles. The summed E-state index contributed by atoms with van der Waals surface area (Å²) < 4.78 is 25.2. The highest BCUT2D eigenvalue weighted by Gasteiger charge is 2.24. The number of carbonyl (C=O) groups is 1. The Morgan fingerprint density at radius 2 is 1.83 bits per heavy atom. The number of benzene rings is 1. The Labute approximate surface area is 147 Å². The van der Waals surface area contributed by atoms with Crippen molar-refractivity contribution in [3.05, 3.63) is 28.2 Å². The number of anilines is 1. The van der Waals surface area contributed by atoms with Crippen molar-refractivity contribution in [3.63, 3.8) is 0 Å². The molecule has 0 saturated heterocycles. The summed E-state index contributed by atoms with van der Waals surface area (Å²) in [7, 11) is -3.60. The van der Waals surface area contributed by atoms with Gasteiger partial charge in [0.25, 0.3) is 0 Å². The molecule has 2 rings (SSSR count). The smallest absolute Gasteiger partial charge is 0.232 e.